The molecule has 1 saturated heterocycles. The molecule has 0 unspecified atom stereocenters. The predicted molar refractivity (Wildman–Crippen MR) is 82.8 cm³/mol. The zero-order chi connectivity index (χ0) is 14.7. The summed E-state index contributed by atoms with van der Waals surface area (Å²) in [5.41, 5.74) is 0.771. The molecule has 1 amide bonds. The van der Waals surface area contributed by atoms with Crippen molar-refractivity contribution in [3.8, 4) is 5.75 Å². The number of ether oxygens (including phenoxy) is 1. The van der Waals surface area contributed by atoms with Crippen molar-refractivity contribution in [2.24, 2.45) is 0 Å². The first-order valence-electron chi connectivity index (χ1n) is 6.77. The second kappa shape index (κ2) is 6.18. The Labute approximate surface area is 128 Å². The van der Waals surface area contributed by atoms with E-state index in [0.717, 1.165) is 16.2 Å². The number of amides is 1. The van der Waals surface area contributed by atoms with E-state index in [1.807, 2.05) is 47.6 Å². The maximum atomic E-state index is 12.5. The lowest BCUT2D eigenvalue weighted by Crippen LogP contribution is -2.56. The summed E-state index contributed by atoms with van der Waals surface area (Å²) in [7, 11) is 0. The van der Waals surface area contributed by atoms with Crippen molar-refractivity contribution in [1.82, 2.24) is 9.88 Å². The van der Waals surface area contributed by atoms with Gasteiger partial charge in [-0.3, -0.25) is 9.78 Å². The van der Waals surface area contributed by atoms with Crippen LogP contribution in [0.3, 0.4) is 0 Å². The molecule has 2 heterocycles. The molecule has 4 nitrogen and oxygen atoms in total. The highest BCUT2D eigenvalue weighted by atomic mass is 32.2. The highest BCUT2D eigenvalue weighted by Crippen LogP contribution is 2.24. The number of hydrogen-bond donors (Lipinski definition) is 0. The highest BCUT2D eigenvalue weighted by Gasteiger charge is 2.33. The third kappa shape index (κ3) is 3.03. The summed E-state index contributed by atoms with van der Waals surface area (Å²) in [6.07, 6.45) is 5.45. The lowest BCUT2D eigenvalue weighted by Gasteiger charge is -2.39. The summed E-state index contributed by atoms with van der Waals surface area (Å²) >= 11 is 1.59. The molecule has 0 spiro atoms. The van der Waals surface area contributed by atoms with Crippen LogP contribution in [0.15, 0.2) is 53.7 Å². The lowest BCUT2D eigenvalue weighted by molar-refractivity contribution is 0.0175. The number of thioether (sulfide) groups is 1. The Morgan fingerprint density at radius 1 is 1.24 bits per heavy atom. The number of pyridine rings is 1. The number of carbonyl (C=O) groups is 1. The fourth-order valence-corrected chi connectivity index (χ4v) is 2.87. The van der Waals surface area contributed by atoms with Gasteiger partial charge in [0.1, 0.15) is 11.9 Å². The van der Waals surface area contributed by atoms with Gasteiger partial charge in [0.05, 0.1) is 18.7 Å². The lowest BCUT2D eigenvalue weighted by atomic mass is 10.1. The second-order valence-electron chi connectivity index (χ2n) is 4.83. The third-order valence-corrected chi connectivity index (χ3v) is 4.22. The molecule has 0 bridgehead atoms. The van der Waals surface area contributed by atoms with Crippen molar-refractivity contribution < 1.29 is 9.53 Å². The zero-order valence-corrected chi connectivity index (χ0v) is 12.5. The van der Waals surface area contributed by atoms with E-state index in [0.29, 0.717) is 13.1 Å². The monoisotopic (exact) mass is 300 g/mol. The Morgan fingerprint density at radius 2 is 1.95 bits per heavy atom. The molecule has 1 aromatic carbocycles. The van der Waals surface area contributed by atoms with Gasteiger partial charge < -0.3 is 9.64 Å². The molecule has 21 heavy (non-hydrogen) atoms. The van der Waals surface area contributed by atoms with E-state index in [2.05, 4.69) is 4.98 Å². The van der Waals surface area contributed by atoms with Crippen LogP contribution in [0, 0.1) is 0 Å². The fourth-order valence-electron chi connectivity index (χ4n) is 2.28. The Balaban J connectivity index is 1.60. The van der Waals surface area contributed by atoms with Crippen LogP contribution >= 0.6 is 11.8 Å². The smallest absolute Gasteiger partial charge is 0.255 e. The SMILES string of the molecule is CSc1ccccc1C(=O)N1CC(Oc2ccncc2)C1. The molecule has 1 aliphatic heterocycles. The van der Waals surface area contributed by atoms with Crippen LogP contribution in [0.4, 0.5) is 0 Å². The standard InChI is InChI=1S/C16H16N2O2S/c1-21-15-5-3-2-4-14(15)16(19)18-10-13(11-18)20-12-6-8-17-9-7-12/h2-9,13H,10-11H2,1H3. The van der Waals surface area contributed by atoms with Gasteiger partial charge in [0.15, 0.2) is 0 Å². The molecule has 0 atom stereocenters. The molecule has 0 aliphatic carbocycles. The van der Waals surface area contributed by atoms with Crippen molar-refractivity contribution in [2.75, 3.05) is 19.3 Å². The quantitative estimate of drug-likeness (QED) is 0.814. The minimum Gasteiger partial charge on any atom is -0.487 e. The molecule has 1 aromatic heterocycles. The summed E-state index contributed by atoms with van der Waals surface area (Å²) in [6, 6.07) is 11.4. The van der Waals surface area contributed by atoms with E-state index in [9.17, 15) is 4.79 Å². The molecular formula is C16H16N2O2S. The van der Waals surface area contributed by atoms with Crippen molar-refractivity contribution in [3.05, 3.63) is 54.4 Å². The van der Waals surface area contributed by atoms with Crippen molar-refractivity contribution >= 4 is 17.7 Å². The van der Waals surface area contributed by atoms with Crippen LogP contribution < -0.4 is 4.74 Å². The molecule has 5 heteroatoms. The average Bonchev–Trinajstić information content (AvgIpc) is 2.51. The molecule has 1 aliphatic rings. The van der Waals surface area contributed by atoms with Crippen LogP contribution in [-0.2, 0) is 0 Å². The van der Waals surface area contributed by atoms with Crippen LogP contribution in [0.2, 0.25) is 0 Å². The highest BCUT2D eigenvalue weighted by molar-refractivity contribution is 7.98. The minimum atomic E-state index is 0.0674. The Morgan fingerprint density at radius 3 is 2.67 bits per heavy atom. The number of carbonyl (C=O) groups excluding carboxylic acids is 1. The normalized spacial score (nSPS) is 14.6. The summed E-state index contributed by atoms with van der Waals surface area (Å²) < 4.78 is 5.78. The first kappa shape index (κ1) is 13.9. The summed E-state index contributed by atoms with van der Waals surface area (Å²) in [6.45, 7) is 1.26. The number of benzene rings is 1. The van der Waals surface area contributed by atoms with E-state index >= 15 is 0 Å². The fraction of sp³-hybridized carbons (Fsp3) is 0.250. The number of nitrogens with zero attached hydrogens (tertiary/aromatic N) is 2. The largest absolute Gasteiger partial charge is 0.487 e. The Kier molecular flexibility index (Phi) is 4.10. The predicted octanol–water partition coefficient (Wildman–Crippen LogP) is 2.71. The van der Waals surface area contributed by atoms with Crippen molar-refractivity contribution in [1.29, 1.82) is 0 Å². The molecule has 108 valence electrons. The van der Waals surface area contributed by atoms with Gasteiger partial charge in [0, 0.05) is 17.3 Å². The third-order valence-electron chi connectivity index (χ3n) is 3.43. The van der Waals surface area contributed by atoms with E-state index in [4.69, 9.17) is 4.74 Å². The number of rotatable bonds is 4. The van der Waals surface area contributed by atoms with E-state index in [1.54, 1.807) is 24.2 Å². The van der Waals surface area contributed by atoms with Gasteiger partial charge in [-0.15, -0.1) is 11.8 Å². The van der Waals surface area contributed by atoms with Gasteiger partial charge in [-0.2, -0.15) is 0 Å². The summed E-state index contributed by atoms with van der Waals surface area (Å²) in [5, 5.41) is 0. The molecule has 0 saturated carbocycles. The van der Waals surface area contributed by atoms with Crippen molar-refractivity contribution in [2.45, 2.75) is 11.0 Å². The molecule has 0 N–H and O–H groups in total. The van der Waals surface area contributed by atoms with Gasteiger partial charge >= 0.3 is 0 Å². The molecular weight excluding hydrogens is 284 g/mol. The number of hydrogen-bond acceptors (Lipinski definition) is 4. The maximum absolute atomic E-state index is 12.5. The Hall–Kier alpha value is -2.01. The van der Waals surface area contributed by atoms with E-state index < -0.39 is 0 Å². The molecule has 0 radical (unpaired) electrons. The van der Waals surface area contributed by atoms with Crippen LogP contribution in [0.1, 0.15) is 10.4 Å². The molecule has 2 aromatic rings. The second-order valence-corrected chi connectivity index (χ2v) is 5.68. The molecule has 1 fully saturated rings. The zero-order valence-electron chi connectivity index (χ0n) is 11.7. The van der Waals surface area contributed by atoms with Gasteiger partial charge in [-0.05, 0) is 30.5 Å². The number of likely N-dealkylation sites (tertiary alicyclic amines) is 1. The first-order valence-corrected chi connectivity index (χ1v) is 7.99. The van der Waals surface area contributed by atoms with Gasteiger partial charge in [-0.25, -0.2) is 0 Å². The van der Waals surface area contributed by atoms with Gasteiger partial charge in [-0.1, -0.05) is 12.1 Å². The number of aromatic nitrogens is 1. The molecule has 3 rings (SSSR count). The average molecular weight is 300 g/mol. The summed E-state index contributed by atoms with van der Waals surface area (Å²) in [4.78, 5) is 19.2. The summed E-state index contributed by atoms with van der Waals surface area (Å²) in [5.74, 6) is 0.876. The van der Waals surface area contributed by atoms with E-state index in [-0.39, 0.29) is 12.0 Å². The van der Waals surface area contributed by atoms with Crippen LogP contribution in [-0.4, -0.2) is 41.2 Å². The van der Waals surface area contributed by atoms with Crippen LogP contribution in [0.25, 0.3) is 0 Å². The van der Waals surface area contributed by atoms with Crippen LogP contribution in [0.5, 0.6) is 5.75 Å². The van der Waals surface area contributed by atoms with Gasteiger partial charge in [0.25, 0.3) is 5.91 Å². The van der Waals surface area contributed by atoms with E-state index in [1.165, 1.54) is 0 Å². The minimum absolute atomic E-state index is 0.0674. The topological polar surface area (TPSA) is 42.4 Å². The Bertz CT molecular complexity index is 627. The van der Waals surface area contributed by atoms with Crippen molar-refractivity contribution in [3.63, 3.8) is 0 Å². The van der Waals surface area contributed by atoms with Gasteiger partial charge in [0.2, 0.25) is 0 Å². The first-order chi connectivity index (χ1) is 10.3. The maximum Gasteiger partial charge on any atom is 0.255 e.